The zero-order chi connectivity index (χ0) is 19.9. The third-order valence-corrected chi connectivity index (χ3v) is 5.18. The zero-order valence-electron chi connectivity index (χ0n) is 15.7. The van der Waals surface area contributed by atoms with Crippen LogP contribution in [0.5, 0.6) is 0 Å². The third kappa shape index (κ3) is 5.09. The second-order valence-corrected chi connectivity index (χ2v) is 7.51. The largest absolute Gasteiger partial charge is 0.466 e. The van der Waals surface area contributed by atoms with Crippen molar-refractivity contribution in [1.29, 1.82) is 0 Å². The molecule has 3 aromatic carbocycles. The Bertz CT molecular complexity index is 907. The molecule has 0 spiro atoms. The number of aliphatic hydroxyl groups excluding tert-OH is 1. The van der Waals surface area contributed by atoms with Crippen LogP contribution in [0.2, 0.25) is 0 Å². The topological polar surface area (TPSA) is 46.5 Å². The van der Waals surface area contributed by atoms with Crippen molar-refractivity contribution < 1.29 is 14.6 Å². The van der Waals surface area contributed by atoms with Gasteiger partial charge in [0.05, 0.1) is 19.1 Å². The minimum Gasteiger partial charge on any atom is -0.466 e. The summed E-state index contributed by atoms with van der Waals surface area (Å²) in [6.07, 6.45) is -0.919. The molecule has 0 radical (unpaired) electrons. The zero-order valence-corrected chi connectivity index (χ0v) is 17.3. The van der Waals surface area contributed by atoms with Crippen molar-refractivity contribution >= 4 is 21.9 Å². The third-order valence-electron chi connectivity index (χ3n) is 4.65. The lowest BCUT2D eigenvalue weighted by Gasteiger charge is -2.24. The second-order valence-electron chi connectivity index (χ2n) is 6.60. The number of benzene rings is 3. The number of hydrogen-bond donors (Lipinski definition) is 1. The van der Waals surface area contributed by atoms with Gasteiger partial charge in [0.25, 0.3) is 0 Å². The maximum atomic E-state index is 12.0. The molecule has 3 aromatic rings. The Morgan fingerprint density at radius 3 is 2.29 bits per heavy atom. The summed E-state index contributed by atoms with van der Waals surface area (Å²) in [7, 11) is 0. The van der Waals surface area contributed by atoms with Gasteiger partial charge in [0, 0.05) is 10.4 Å². The number of carbonyl (C=O) groups excluding carboxylic acids is 1. The molecule has 0 saturated carbocycles. The summed E-state index contributed by atoms with van der Waals surface area (Å²) in [4.78, 5) is 12.0. The highest BCUT2D eigenvalue weighted by Gasteiger charge is 2.26. The Morgan fingerprint density at radius 2 is 1.61 bits per heavy atom. The van der Waals surface area contributed by atoms with Gasteiger partial charge in [0.1, 0.15) is 0 Å². The van der Waals surface area contributed by atoms with Crippen molar-refractivity contribution in [1.82, 2.24) is 0 Å². The molecule has 0 aliphatic heterocycles. The Labute approximate surface area is 174 Å². The van der Waals surface area contributed by atoms with E-state index in [1.165, 1.54) is 0 Å². The molecule has 144 valence electrons. The van der Waals surface area contributed by atoms with E-state index < -0.39 is 6.10 Å². The van der Waals surface area contributed by atoms with Crippen LogP contribution in [0.4, 0.5) is 0 Å². The fourth-order valence-electron chi connectivity index (χ4n) is 3.36. The van der Waals surface area contributed by atoms with E-state index in [9.17, 15) is 9.90 Å². The Balaban J connectivity index is 1.97. The SMILES string of the molecule is CCOC(=O)CC(O)C(c1ccccc1)c1cccc(-c2ccc(Br)cc2)c1. The van der Waals surface area contributed by atoms with Crippen LogP contribution < -0.4 is 0 Å². The molecule has 0 amide bonds. The molecule has 28 heavy (non-hydrogen) atoms. The molecule has 0 aliphatic carbocycles. The predicted molar refractivity (Wildman–Crippen MR) is 115 cm³/mol. The van der Waals surface area contributed by atoms with Crippen LogP contribution in [-0.4, -0.2) is 23.8 Å². The highest BCUT2D eigenvalue weighted by molar-refractivity contribution is 9.10. The standard InChI is InChI=1S/C24H23BrO3/c1-2-28-23(27)16-22(26)24(18-7-4-3-5-8-18)20-10-6-9-19(15-20)17-11-13-21(25)14-12-17/h3-15,22,24,26H,2,16H2,1H3. The molecule has 2 atom stereocenters. The molecular formula is C24H23BrO3. The molecule has 3 nitrogen and oxygen atoms in total. The van der Waals surface area contributed by atoms with Crippen molar-refractivity contribution in [2.24, 2.45) is 0 Å². The van der Waals surface area contributed by atoms with Gasteiger partial charge in [-0.3, -0.25) is 4.79 Å². The molecule has 0 bridgehead atoms. The minimum atomic E-state index is -0.874. The first-order chi connectivity index (χ1) is 13.6. The lowest BCUT2D eigenvalue weighted by molar-refractivity contribution is -0.145. The lowest BCUT2D eigenvalue weighted by atomic mass is 9.84. The average Bonchev–Trinajstić information content (AvgIpc) is 2.70. The predicted octanol–water partition coefficient (Wildman–Crippen LogP) is 5.56. The first-order valence-corrected chi connectivity index (χ1v) is 10.1. The van der Waals surface area contributed by atoms with Crippen molar-refractivity contribution in [3.8, 4) is 11.1 Å². The van der Waals surface area contributed by atoms with Crippen LogP contribution in [0.15, 0.2) is 83.3 Å². The summed E-state index contributed by atoms with van der Waals surface area (Å²) in [5.41, 5.74) is 4.08. The number of hydrogen-bond acceptors (Lipinski definition) is 3. The number of ether oxygens (including phenoxy) is 1. The van der Waals surface area contributed by atoms with Gasteiger partial charge in [-0.15, -0.1) is 0 Å². The molecule has 2 unspecified atom stereocenters. The quantitative estimate of drug-likeness (QED) is 0.490. The van der Waals surface area contributed by atoms with Crippen LogP contribution in [0.25, 0.3) is 11.1 Å². The Morgan fingerprint density at radius 1 is 0.929 bits per heavy atom. The van der Waals surface area contributed by atoms with Crippen LogP contribution >= 0.6 is 15.9 Å². The number of rotatable bonds is 7. The summed E-state index contributed by atoms with van der Waals surface area (Å²) in [6, 6.07) is 26.0. The molecule has 1 N–H and O–H groups in total. The van der Waals surface area contributed by atoms with E-state index in [4.69, 9.17) is 4.74 Å². The molecule has 0 saturated heterocycles. The van der Waals surface area contributed by atoms with Gasteiger partial charge in [-0.25, -0.2) is 0 Å². The van der Waals surface area contributed by atoms with Gasteiger partial charge in [-0.05, 0) is 41.3 Å². The van der Waals surface area contributed by atoms with Crippen molar-refractivity contribution in [2.45, 2.75) is 25.4 Å². The van der Waals surface area contributed by atoms with Crippen LogP contribution in [0.1, 0.15) is 30.4 Å². The fourth-order valence-corrected chi connectivity index (χ4v) is 3.62. The van der Waals surface area contributed by atoms with Gasteiger partial charge < -0.3 is 9.84 Å². The molecule has 0 aromatic heterocycles. The smallest absolute Gasteiger partial charge is 0.308 e. The van der Waals surface area contributed by atoms with E-state index in [0.29, 0.717) is 6.61 Å². The Hall–Kier alpha value is -2.43. The van der Waals surface area contributed by atoms with E-state index in [1.807, 2.05) is 60.7 Å². The number of carbonyl (C=O) groups is 1. The molecule has 3 rings (SSSR count). The van der Waals surface area contributed by atoms with Crippen LogP contribution in [0.3, 0.4) is 0 Å². The normalized spacial score (nSPS) is 13.0. The van der Waals surface area contributed by atoms with Gasteiger partial charge >= 0.3 is 5.97 Å². The minimum absolute atomic E-state index is 0.0457. The van der Waals surface area contributed by atoms with E-state index in [0.717, 1.165) is 26.7 Å². The Kier molecular flexibility index (Phi) is 7.01. The summed E-state index contributed by atoms with van der Waals surface area (Å²) >= 11 is 3.46. The number of aliphatic hydroxyl groups is 1. The van der Waals surface area contributed by atoms with E-state index in [-0.39, 0.29) is 18.3 Å². The monoisotopic (exact) mass is 438 g/mol. The maximum absolute atomic E-state index is 12.0. The van der Waals surface area contributed by atoms with Gasteiger partial charge in [0.2, 0.25) is 0 Å². The highest BCUT2D eigenvalue weighted by Crippen LogP contribution is 2.32. The fraction of sp³-hybridized carbons (Fsp3) is 0.208. The maximum Gasteiger partial charge on any atom is 0.308 e. The summed E-state index contributed by atoms with van der Waals surface area (Å²) in [5.74, 6) is -0.707. The first kappa shape index (κ1) is 20.3. The number of halogens is 1. The van der Waals surface area contributed by atoms with Crippen LogP contribution in [-0.2, 0) is 9.53 Å². The molecular weight excluding hydrogens is 416 g/mol. The number of esters is 1. The molecule has 4 heteroatoms. The summed E-state index contributed by atoms with van der Waals surface area (Å²) in [5, 5.41) is 10.9. The van der Waals surface area contributed by atoms with Gasteiger partial charge in [-0.2, -0.15) is 0 Å². The van der Waals surface area contributed by atoms with Crippen LogP contribution in [0, 0.1) is 0 Å². The van der Waals surface area contributed by atoms with Crippen molar-refractivity contribution in [3.05, 3.63) is 94.5 Å². The van der Waals surface area contributed by atoms with E-state index >= 15 is 0 Å². The van der Waals surface area contributed by atoms with Crippen molar-refractivity contribution in [3.63, 3.8) is 0 Å². The molecule has 0 fully saturated rings. The van der Waals surface area contributed by atoms with E-state index in [2.05, 4.69) is 34.1 Å². The summed E-state index contributed by atoms with van der Waals surface area (Å²) in [6.45, 7) is 2.07. The van der Waals surface area contributed by atoms with Gasteiger partial charge in [-0.1, -0.05) is 82.7 Å². The molecule has 0 aliphatic rings. The molecule has 0 heterocycles. The highest BCUT2D eigenvalue weighted by atomic mass is 79.9. The van der Waals surface area contributed by atoms with E-state index in [1.54, 1.807) is 6.92 Å². The summed E-state index contributed by atoms with van der Waals surface area (Å²) < 4.78 is 6.06. The average molecular weight is 439 g/mol. The second kappa shape index (κ2) is 9.67. The lowest BCUT2D eigenvalue weighted by Crippen LogP contribution is -2.24. The van der Waals surface area contributed by atoms with Gasteiger partial charge in [0.15, 0.2) is 0 Å². The first-order valence-electron chi connectivity index (χ1n) is 9.33. The van der Waals surface area contributed by atoms with Crippen molar-refractivity contribution in [2.75, 3.05) is 6.61 Å².